The molecule has 0 spiro atoms. The number of nitrogens with zero attached hydrogens (tertiary/aromatic N) is 3. The summed E-state index contributed by atoms with van der Waals surface area (Å²) in [5.41, 5.74) is 1.59. The summed E-state index contributed by atoms with van der Waals surface area (Å²) in [6.45, 7) is 17.5. The number of hydrogen-bond acceptors (Lipinski definition) is 3. The van der Waals surface area contributed by atoms with Crippen LogP contribution in [0.3, 0.4) is 0 Å². The van der Waals surface area contributed by atoms with Crippen LogP contribution in [0.5, 0.6) is 0 Å². The van der Waals surface area contributed by atoms with Gasteiger partial charge >= 0.3 is 0 Å². The molecule has 0 aromatic heterocycles. The van der Waals surface area contributed by atoms with E-state index in [9.17, 15) is 4.39 Å². The zero-order valence-electron chi connectivity index (χ0n) is 18.0. The van der Waals surface area contributed by atoms with E-state index >= 15 is 0 Å². The summed E-state index contributed by atoms with van der Waals surface area (Å²) >= 11 is 0. The van der Waals surface area contributed by atoms with Crippen molar-refractivity contribution in [3.05, 3.63) is 35.1 Å². The zero-order chi connectivity index (χ0) is 19.8. The van der Waals surface area contributed by atoms with Crippen LogP contribution in [0.1, 0.15) is 44.9 Å². The smallest absolute Gasteiger partial charge is 0.191 e. The lowest BCUT2D eigenvalue weighted by atomic mass is 10.1. The summed E-state index contributed by atoms with van der Waals surface area (Å²) in [6, 6.07) is 5.79. The van der Waals surface area contributed by atoms with E-state index in [-0.39, 0.29) is 35.8 Å². The van der Waals surface area contributed by atoms with Crippen LogP contribution in [-0.2, 0) is 0 Å². The second-order valence-electron chi connectivity index (χ2n) is 7.41. The number of rotatable bonds is 7. The molecule has 2 atom stereocenters. The summed E-state index contributed by atoms with van der Waals surface area (Å²) in [6.07, 6.45) is 0. The Morgan fingerprint density at radius 2 is 1.86 bits per heavy atom. The number of aliphatic imine (C=N–C) groups is 1. The Labute approximate surface area is 187 Å². The molecule has 1 heterocycles. The zero-order valence-corrected chi connectivity index (χ0v) is 20.3. The molecule has 1 aliphatic heterocycles. The average Bonchev–Trinajstić information content (AvgIpc) is 2.68. The van der Waals surface area contributed by atoms with Crippen molar-refractivity contribution >= 4 is 29.9 Å². The number of benzene rings is 1. The fourth-order valence-electron chi connectivity index (χ4n) is 3.35. The summed E-state index contributed by atoms with van der Waals surface area (Å²) in [7, 11) is 0. The molecule has 0 amide bonds. The molecule has 28 heavy (non-hydrogen) atoms. The highest BCUT2D eigenvalue weighted by atomic mass is 127. The Bertz CT molecular complexity index is 617. The van der Waals surface area contributed by atoms with Crippen LogP contribution in [0.2, 0.25) is 0 Å². The summed E-state index contributed by atoms with van der Waals surface area (Å²) in [5.74, 6) is 0.618. The van der Waals surface area contributed by atoms with Crippen LogP contribution in [0.15, 0.2) is 23.2 Å². The Hall–Kier alpha value is -0.930. The van der Waals surface area contributed by atoms with E-state index in [0.29, 0.717) is 11.6 Å². The van der Waals surface area contributed by atoms with Gasteiger partial charge in [0, 0.05) is 38.8 Å². The van der Waals surface area contributed by atoms with E-state index in [1.165, 1.54) is 0 Å². The van der Waals surface area contributed by atoms with Crippen molar-refractivity contribution in [1.29, 1.82) is 0 Å². The van der Waals surface area contributed by atoms with Gasteiger partial charge < -0.3 is 15.5 Å². The van der Waals surface area contributed by atoms with Gasteiger partial charge in [0.25, 0.3) is 0 Å². The van der Waals surface area contributed by atoms with Crippen LogP contribution in [-0.4, -0.2) is 67.6 Å². The van der Waals surface area contributed by atoms with E-state index in [2.05, 4.69) is 41.2 Å². The van der Waals surface area contributed by atoms with Crippen LogP contribution >= 0.6 is 24.0 Å². The molecular formula is C21H37FIN5. The van der Waals surface area contributed by atoms with Crippen molar-refractivity contribution in [2.24, 2.45) is 4.99 Å². The van der Waals surface area contributed by atoms with Gasteiger partial charge in [0.1, 0.15) is 5.82 Å². The summed E-state index contributed by atoms with van der Waals surface area (Å²) < 4.78 is 13.9. The van der Waals surface area contributed by atoms with Crippen molar-refractivity contribution in [3.8, 4) is 0 Å². The monoisotopic (exact) mass is 505 g/mol. The molecule has 1 fully saturated rings. The molecule has 1 saturated heterocycles. The molecular weight excluding hydrogens is 468 g/mol. The highest BCUT2D eigenvalue weighted by molar-refractivity contribution is 14.0. The number of piperazine rings is 1. The first-order chi connectivity index (χ1) is 12.9. The first-order valence-corrected chi connectivity index (χ1v) is 10.2. The Balaban J connectivity index is 0.00000392. The largest absolute Gasteiger partial charge is 0.357 e. The normalized spacial score (nSPS) is 18.3. The lowest BCUT2D eigenvalue weighted by molar-refractivity contribution is 0.109. The minimum atomic E-state index is -0.164. The van der Waals surface area contributed by atoms with Gasteiger partial charge in [-0.1, -0.05) is 19.1 Å². The number of halogens is 2. The van der Waals surface area contributed by atoms with Crippen molar-refractivity contribution in [3.63, 3.8) is 0 Å². The standard InChI is InChI=1S/C21H36FN5.HI/c1-6-23-21(25-18(5)19-9-8-16(3)20(22)14-19)24-15-17(4)27-12-10-26(7-2)11-13-27;/h8-9,14,17-18H,6-7,10-13,15H2,1-5H3,(H2,23,24,25);1H. The fourth-order valence-corrected chi connectivity index (χ4v) is 3.35. The SMILES string of the molecule is CCNC(=NCC(C)N1CCN(CC)CC1)NC(C)c1ccc(C)c(F)c1.I. The number of likely N-dealkylation sites (N-methyl/N-ethyl adjacent to an activating group) is 1. The number of guanidine groups is 1. The van der Waals surface area contributed by atoms with Crippen LogP contribution in [0, 0.1) is 12.7 Å². The van der Waals surface area contributed by atoms with Gasteiger partial charge in [-0.25, -0.2) is 4.39 Å². The number of nitrogens with one attached hydrogen (secondary N) is 2. The van der Waals surface area contributed by atoms with Gasteiger partial charge in [0.15, 0.2) is 5.96 Å². The predicted molar refractivity (Wildman–Crippen MR) is 127 cm³/mol. The first-order valence-electron chi connectivity index (χ1n) is 10.2. The second-order valence-corrected chi connectivity index (χ2v) is 7.41. The molecule has 1 aliphatic rings. The van der Waals surface area contributed by atoms with Gasteiger partial charge in [0.05, 0.1) is 12.6 Å². The molecule has 0 bridgehead atoms. The third kappa shape index (κ3) is 7.48. The van der Waals surface area contributed by atoms with Crippen LogP contribution < -0.4 is 10.6 Å². The Morgan fingerprint density at radius 1 is 1.18 bits per heavy atom. The highest BCUT2D eigenvalue weighted by Crippen LogP contribution is 2.16. The third-order valence-electron chi connectivity index (χ3n) is 5.38. The predicted octanol–water partition coefficient (Wildman–Crippen LogP) is 3.39. The Kier molecular flexibility index (Phi) is 11.3. The van der Waals surface area contributed by atoms with Gasteiger partial charge in [-0.15, -0.1) is 24.0 Å². The molecule has 0 radical (unpaired) electrons. The molecule has 160 valence electrons. The average molecular weight is 505 g/mol. The molecule has 1 aromatic rings. The molecule has 2 rings (SSSR count). The second kappa shape index (κ2) is 12.6. The quantitative estimate of drug-likeness (QED) is 0.339. The fraction of sp³-hybridized carbons (Fsp3) is 0.667. The van der Waals surface area contributed by atoms with Crippen molar-refractivity contribution < 1.29 is 4.39 Å². The van der Waals surface area contributed by atoms with E-state index in [1.807, 2.05) is 19.1 Å². The van der Waals surface area contributed by atoms with Crippen molar-refractivity contribution in [2.45, 2.75) is 46.7 Å². The van der Waals surface area contributed by atoms with Crippen molar-refractivity contribution in [2.75, 3.05) is 45.8 Å². The molecule has 5 nitrogen and oxygen atoms in total. The van der Waals surface area contributed by atoms with Crippen molar-refractivity contribution in [1.82, 2.24) is 20.4 Å². The molecule has 2 N–H and O–H groups in total. The topological polar surface area (TPSA) is 42.9 Å². The lowest BCUT2D eigenvalue weighted by Gasteiger charge is -2.37. The van der Waals surface area contributed by atoms with E-state index < -0.39 is 0 Å². The van der Waals surface area contributed by atoms with Gasteiger partial charge in [0.2, 0.25) is 0 Å². The number of aryl methyl sites for hydroxylation is 1. The molecule has 0 saturated carbocycles. The molecule has 7 heteroatoms. The maximum Gasteiger partial charge on any atom is 0.191 e. The molecule has 0 aliphatic carbocycles. The highest BCUT2D eigenvalue weighted by Gasteiger charge is 2.20. The minimum Gasteiger partial charge on any atom is -0.357 e. The van der Waals surface area contributed by atoms with E-state index in [1.54, 1.807) is 13.0 Å². The lowest BCUT2D eigenvalue weighted by Crippen LogP contribution is -2.50. The van der Waals surface area contributed by atoms with Gasteiger partial charge in [-0.05, 0) is 51.4 Å². The minimum absolute atomic E-state index is 0. The van der Waals surface area contributed by atoms with Gasteiger partial charge in [-0.2, -0.15) is 0 Å². The van der Waals surface area contributed by atoms with E-state index in [4.69, 9.17) is 4.99 Å². The summed E-state index contributed by atoms with van der Waals surface area (Å²) in [4.78, 5) is 9.78. The molecule has 1 aromatic carbocycles. The molecule has 2 unspecified atom stereocenters. The first kappa shape index (κ1) is 25.1. The van der Waals surface area contributed by atoms with Crippen LogP contribution in [0.4, 0.5) is 4.39 Å². The van der Waals surface area contributed by atoms with E-state index in [0.717, 1.165) is 57.3 Å². The van der Waals surface area contributed by atoms with Gasteiger partial charge in [-0.3, -0.25) is 9.89 Å². The summed E-state index contributed by atoms with van der Waals surface area (Å²) in [5, 5.41) is 6.70. The Morgan fingerprint density at radius 3 is 2.43 bits per heavy atom. The number of hydrogen-bond donors (Lipinski definition) is 2. The maximum atomic E-state index is 13.9. The van der Waals surface area contributed by atoms with Crippen LogP contribution in [0.25, 0.3) is 0 Å². The third-order valence-corrected chi connectivity index (χ3v) is 5.38. The maximum absolute atomic E-state index is 13.9.